The van der Waals surface area contributed by atoms with Gasteiger partial charge in [0.1, 0.15) is 0 Å². The number of urea groups is 1. The van der Waals surface area contributed by atoms with Gasteiger partial charge in [-0.1, -0.05) is 25.1 Å². The van der Waals surface area contributed by atoms with Gasteiger partial charge in [-0.2, -0.15) is 0 Å². The summed E-state index contributed by atoms with van der Waals surface area (Å²) in [6.45, 7) is 2.85. The van der Waals surface area contributed by atoms with Crippen molar-refractivity contribution in [2.75, 3.05) is 11.4 Å². The molecule has 1 unspecified atom stereocenters. The minimum atomic E-state index is 0.0167. The van der Waals surface area contributed by atoms with Gasteiger partial charge in [-0.15, -0.1) is 0 Å². The predicted octanol–water partition coefficient (Wildman–Crippen LogP) is 1.99. The van der Waals surface area contributed by atoms with E-state index in [1.165, 1.54) is 0 Å². The van der Waals surface area contributed by atoms with Gasteiger partial charge in [-0.25, -0.2) is 4.79 Å². The Hall–Kier alpha value is -1.51. The summed E-state index contributed by atoms with van der Waals surface area (Å²) in [6, 6.07) is 10.1. The first-order valence-electron chi connectivity index (χ1n) is 4.95. The van der Waals surface area contributed by atoms with Crippen LogP contribution in [-0.2, 0) is 0 Å². The molecule has 0 saturated carbocycles. The first-order chi connectivity index (χ1) is 6.83. The van der Waals surface area contributed by atoms with Gasteiger partial charge in [0.15, 0.2) is 0 Å². The number of nitrogens with one attached hydrogen (secondary N) is 1. The Morgan fingerprint density at radius 3 is 2.79 bits per heavy atom. The molecule has 1 atom stereocenters. The Balaban J connectivity index is 2.28. The molecule has 1 aliphatic rings. The van der Waals surface area contributed by atoms with E-state index in [0.717, 1.165) is 18.7 Å². The van der Waals surface area contributed by atoms with E-state index in [4.69, 9.17) is 0 Å². The predicted molar refractivity (Wildman–Crippen MR) is 56.4 cm³/mol. The number of hydrogen-bond acceptors (Lipinski definition) is 1. The van der Waals surface area contributed by atoms with Gasteiger partial charge in [-0.05, 0) is 18.6 Å². The van der Waals surface area contributed by atoms with Crippen LogP contribution in [-0.4, -0.2) is 18.6 Å². The van der Waals surface area contributed by atoms with E-state index in [9.17, 15) is 4.79 Å². The molecular weight excluding hydrogens is 176 g/mol. The third-order valence-electron chi connectivity index (χ3n) is 2.58. The normalized spacial score (nSPS) is 21.1. The van der Waals surface area contributed by atoms with E-state index in [2.05, 4.69) is 12.2 Å². The molecule has 0 aromatic heterocycles. The van der Waals surface area contributed by atoms with Crippen LogP contribution < -0.4 is 10.2 Å². The second kappa shape index (κ2) is 3.70. The van der Waals surface area contributed by atoms with E-state index in [0.29, 0.717) is 6.04 Å². The van der Waals surface area contributed by atoms with E-state index in [1.807, 2.05) is 35.2 Å². The van der Waals surface area contributed by atoms with Crippen LogP contribution in [0.25, 0.3) is 0 Å². The van der Waals surface area contributed by atoms with Gasteiger partial charge in [0, 0.05) is 12.2 Å². The molecular formula is C11H14N2O. The highest BCUT2D eigenvalue weighted by atomic mass is 16.2. The minimum absolute atomic E-state index is 0.0167. The molecule has 3 nitrogen and oxygen atoms in total. The van der Waals surface area contributed by atoms with Crippen LogP contribution in [0.2, 0.25) is 0 Å². The quantitative estimate of drug-likeness (QED) is 0.760. The summed E-state index contributed by atoms with van der Waals surface area (Å²) in [6.07, 6.45) is 0.980. The molecule has 0 radical (unpaired) electrons. The van der Waals surface area contributed by atoms with Crippen LogP contribution in [0.1, 0.15) is 13.3 Å². The van der Waals surface area contributed by atoms with Crippen LogP contribution in [0.5, 0.6) is 0 Å². The van der Waals surface area contributed by atoms with E-state index in [-0.39, 0.29) is 6.03 Å². The largest absolute Gasteiger partial charge is 0.336 e. The SMILES string of the molecule is CCC1CNC(=O)N1c1ccccc1. The molecule has 1 aromatic rings. The lowest BCUT2D eigenvalue weighted by Crippen LogP contribution is -2.33. The van der Waals surface area contributed by atoms with Crippen LogP contribution >= 0.6 is 0 Å². The average Bonchev–Trinajstić information content (AvgIpc) is 2.61. The molecule has 2 amide bonds. The molecule has 0 bridgehead atoms. The summed E-state index contributed by atoms with van der Waals surface area (Å²) in [5.74, 6) is 0. The van der Waals surface area contributed by atoms with Gasteiger partial charge < -0.3 is 5.32 Å². The molecule has 0 aliphatic carbocycles. The van der Waals surface area contributed by atoms with Crippen LogP contribution in [0.3, 0.4) is 0 Å². The maximum atomic E-state index is 11.6. The molecule has 1 fully saturated rings. The van der Waals surface area contributed by atoms with Crippen LogP contribution in [0.15, 0.2) is 30.3 Å². The summed E-state index contributed by atoms with van der Waals surface area (Å²) >= 11 is 0. The number of rotatable bonds is 2. The minimum Gasteiger partial charge on any atom is -0.336 e. The first-order valence-corrected chi connectivity index (χ1v) is 4.95. The Morgan fingerprint density at radius 2 is 2.14 bits per heavy atom. The highest BCUT2D eigenvalue weighted by Crippen LogP contribution is 2.21. The van der Waals surface area contributed by atoms with Crippen molar-refractivity contribution in [2.45, 2.75) is 19.4 Å². The molecule has 1 heterocycles. The zero-order valence-corrected chi connectivity index (χ0v) is 8.23. The van der Waals surface area contributed by atoms with Gasteiger partial charge >= 0.3 is 6.03 Å². The zero-order valence-electron chi connectivity index (χ0n) is 8.23. The molecule has 2 rings (SSSR count). The standard InChI is InChI=1S/C11H14N2O/c1-2-9-8-12-11(14)13(9)10-6-4-3-5-7-10/h3-7,9H,2,8H2,1H3,(H,12,14). The summed E-state index contributed by atoms with van der Waals surface area (Å²) in [5, 5.41) is 2.86. The Bertz CT molecular complexity index is 323. The van der Waals surface area contributed by atoms with E-state index in [1.54, 1.807) is 0 Å². The van der Waals surface area contributed by atoms with Gasteiger partial charge in [0.25, 0.3) is 0 Å². The van der Waals surface area contributed by atoms with E-state index >= 15 is 0 Å². The molecule has 74 valence electrons. The summed E-state index contributed by atoms with van der Waals surface area (Å²) in [5.41, 5.74) is 0.981. The van der Waals surface area contributed by atoms with Crippen molar-refractivity contribution in [3.8, 4) is 0 Å². The number of hydrogen-bond donors (Lipinski definition) is 1. The van der Waals surface area contributed by atoms with Crippen molar-refractivity contribution >= 4 is 11.7 Å². The van der Waals surface area contributed by atoms with Crippen molar-refractivity contribution in [1.29, 1.82) is 0 Å². The molecule has 0 spiro atoms. The molecule has 1 aliphatic heterocycles. The molecule has 1 N–H and O–H groups in total. The topological polar surface area (TPSA) is 32.3 Å². The summed E-state index contributed by atoms with van der Waals surface area (Å²) < 4.78 is 0. The smallest absolute Gasteiger partial charge is 0.322 e. The van der Waals surface area contributed by atoms with Gasteiger partial charge in [0.2, 0.25) is 0 Å². The molecule has 1 saturated heterocycles. The molecule has 14 heavy (non-hydrogen) atoms. The van der Waals surface area contributed by atoms with Gasteiger partial charge in [0.05, 0.1) is 6.04 Å². The number of benzene rings is 1. The molecule has 3 heteroatoms. The van der Waals surface area contributed by atoms with Crippen molar-refractivity contribution in [3.05, 3.63) is 30.3 Å². The van der Waals surface area contributed by atoms with E-state index < -0.39 is 0 Å². The summed E-state index contributed by atoms with van der Waals surface area (Å²) in [4.78, 5) is 13.4. The van der Waals surface area contributed by atoms with Crippen molar-refractivity contribution in [1.82, 2.24) is 5.32 Å². The molecule has 1 aromatic carbocycles. The third kappa shape index (κ3) is 1.45. The fraction of sp³-hybridized carbons (Fsp3) is 0.364. The fourth-order valence-corrected chi connectivity index (χ4v) is 1.79. The zero-order chi connectivity index (χ0) is 9.97. The lowest BCUT2D eigenvalue weighted by Gasteiger charge is -2.21. The van der Waals surface area contributed by atoms with Gasteiger partial charge in [-0.3, -0.25) is 4.90 Å². The van der Waals surface area contributed by atoms with Crippen LogP contribution in [0.4, 0.5) is 10.5 Å². The Labute approximate surface area is 83.7 Å². The number of anilines is 1. The summed E-state index contributed by atoms with van der Waals surface area (Å²) in [7, 11) is 0. The van der Waals surface area contributed by atoms with Crippen molar-refractivity contribution < 1.29 is 4.79 Å². The third-order valence-corrected chi connectivity index (χ3v) is 2.58. The number of carbonyl (C=O) groups is 1. The maximum absolute atomic E-state index is 11.6. The second-order valence-electron chi connectivity index (χ2n) is 3.45. The Morgan fingerprint density at radius 1 is 1.43 bits per heavy atom. The lowest BCUT2D eigenvalue weighted by molar-refractivity contribution is 0.251. The number of amides is 2. The average molecular weight is 190 g/mol. The number of nitrogens with zero attached hydrogens (tertiary/aromatic N) is 1. The fourth-order valence-electron chi connectivity index (χ4n) is 1.79. The Kier molecular flexibility index (Phi) is 2.39. The second-order valence-corrected chi connectivity index (χ2v) is 3.45. The number of carbonyl (C=O) groups excluding carboxylic acids is 1. The van der Waals surface area contributed by atoms with Crippen LogP contribution in [0, 0.1) is 0 Å². The highest BCUT2D eigenvalue weighted by molar-refractivity contribution is 5.94. The monoisotopic (exact) mass is 190 g/mol. The van der Waals surface area contributed by atoms with Crippen molar-refractivity contribution in [2.24, 2.45) is 0 Å². The first kappa shape index (κ1) is 9.06. The maximum Gasteiger partial charge on any atom is 0.322 e. The number of para-hydroxylation sites is 1. The lowest BCUT2D eigenvalue weighted by atomic mass is 10.2. The highest BCUT2D eigenvalue weighted by Gasteiger charge is 2.29. The van der Waals surface area contributed by atoms with Crippen molar-refractivity contribution in [3.63, 3.8) is 0 Å².